The van der Waals surface area contributed by atoms with Crippen LogP contribution in [0.3, 0.4) is 0 Å². The quantitative estimate of drug-likeness (QED) is 0.714. The van der Waals surface area contributed by atoms with Gasteiger partial charge in [-0.3, -0.25) is 4.79 Å². The van der Waals surface area contributed by atoms with Gasteiger partial charge in [0, 0.05) is 35.7 Å². The van der Waals surface area contributed by atoms with Gasteiger partial charge in [-0.25, -0.2) is 9.97 Å². The number of hydrogen-bond acceptors (Lipinski definition) is 5. The van der Waals surface area contributed by atoms with Crippen molar-refractivity contribution in [3.8, 4) is 10.6 Å². The van der Waals surface area contributed by atoms with Crippen LogP contribution in [-0.2, 0) is 17.6 Å². The molecule has 3 aromatic rings. The molecule has 2 heterocycles. The molecule has 0 unspecified atom stereocenters. The molecule has 0 fully saturated rings. The van der Waals surface area contributed by atoms with Gasteiger partial charge in [0.2, 0.25) is 5.91 Å². The monoisotopic (exact) mass is 343 g/mol. The number of thiazole rings is 2. The van der Waals surface area contributed by atoms with E-state index in [0.717, 1.165) is 28.4 Å². The number of rotatable bonds is 7. The first-order valence-corrected chi connectivity index (χ1v) is 9.27. The highest BCUT2D eigenvalue weighted by molar-refractivity contribution is 7.13. The van der Waals surface area contributed by atoms with E-state index in [1.54, 1.807) is 22.7 Å². The summed E-state index contributed by atoms with van der Waals surface area (Å²) in [6.07, 6.45) is 1.92. The molecule has 0 saturated carbocycles. The third-order valence-corrected chi connectivity index (χ3v) is 4.94. The number of nitrogens with one attached hydrogen (secondary N) is 1. The van der Waals surface area contributed by atoms with Crippen molar-refractivity contribution in [2.75, 3.05) is 6.54 Å². The Hall–Kier alpha value is -2.05. The SMILES string of the molecule is O=C(CCc1csc(-c2ccccc2)n1)NCCc1cscn1. The lowest BCUT2D eigenvalue weighted by atomic mass is 10.2. The van der Waals surface area contributed by atoms with Crippen molar-refractivity contribution >= 4 is 28.6 Å². The van der Waals surface area contributed by atoms with Crippen LogP contribution in [0.4, 0.5) is 0 Å². The number of nitrogens with zero attached hydrogens (tertiary/aromatic N) is 2. The zero-order valence-electron chi connectivity index (χ0n) is 12.6. The number of aromatic nitrogens is 2. The van der Waals surface area contributed by atoms with Crippen LogP contribution in [0.15, 0.2) is 46.6 Å². The van der Waals surface area contributed by atoms with E-state index in [1.807, 2.05) is 46.6 Å². The van der Waals surface area contributed by atoms with Gasteiger partial charge in [0.25, 0.3) is 0 Å². The lowest BCUT2D eigenvalue weighted by Gasteiger charge is -2.03. The Morgan fingerprint density at radius 3 is 2.74 bits per heavy atom. The molecule has 118 valence electrons. The largest absolute Gasteiger partial charge is 0.356 e. The fourth-order valence-corrected chi connectivity index (χ4v) is 3.61. The predicted molar refractivity (Wildman–Crippen MR) is 94.7 cm³/mol. The van der Waals surface area contributed by atoms with Gasteiger partial charge in [-0.1, -0.05) is 30.3 Å². The summed E-state index contributed by atoms with van der Waals surface area (Å²) in [5, 5.41) is 7.97. The highest BCUT2D eigenvalue weighted by Gasteiger charge is 2.07. The Balaban J connectivity index is 1.43. The summed E-state index contributed by atoms with van der Waals surface area (Å²) in [6, 6.07) is 10.1. The summed E-state index contributed by atoms with van der Waals surface area (Å²) in [6.45, 7) is 0.634. The van der Waals surface area contributed by atoms with E-state index in [2.05, 4.69) is 15.3 Å². The average Bonchev–Trinajstić information content (AvgIpc) is 3.25. The minimum Gasteiger partial charge on any atom is -0.356 e. The van der Waals surface area contributed by atoms with Gasteiger partial charge in [-0.2, -0.15) is 0 Å². The third-order valence-electron chi connectivity index (χ3n) is 3.37. The first-order chi connectivity index (χ1) is 11.3. The maximum atomic E-state index is 11.9. The van der Waals surface area contributed by atoms with Crippen molar-refractivity contribution in [1.29, 1.82) is 0 Å². The Labute approximate surface area is 143 Å². The molecule has 4 nitrogen and oxygen atoms in total. The van der Waals surface area contributed by atoms with Crippen LogP contribution in [-0.4, -0.2) is 22.4 Å². The second-order valence-electron chi connectivity index (χ2n) is 5.09. The smallest absolute Gasteiger partial charge is 0.220 e. The normalized spacial score (nSPS) is 10.6. The molecule has 0 atom stereocenters. The molecule has 1 amide bonds. The average molecular weight is 343 g/mol. The summed E-state index contributed by atoms with van der Waals surface area (Å²) in [4.78, 5) is 20.7. The minimum atomic E-state index is 0.0643. The number of benzene rings is 1. The van der Waals surface area contributed by atoms with Crippen molar-refractivity contribution in [1.82, 2.24) is 15.3 Å². The van der Waals surface area contributed by atoms with E-state index in [4.69, 9.17) is 0 Å². The standard InChI is InChI=1S/C17H17N3OS2/c21-16(18-9-8-14-10-22-12-19-14)7-6-15-11-23-17(20-15)13-4-2-1-3-5-13/h1-5,10-12H,6-9H2,(H,18,21). The molecule has 0 saturated heterocycles. The van der Waals surface area contributed by atoms with E-state index < -0.39 is 0 Å². The number of hydrogen-bond donors (Lipinski definition) is 1. The maximum absolute atomic E-state index is 11.9. The summed E-state index contributed by atoms with van der Waals surface area (Å²) < 4.78 is 0. The number of amides is 1. The van der Waals surface area contributed by atoms with Gasteiger partial charge in [0.15, 0.2) is 0 Å². The van der Waals surface area contributed by atoms with Gasteiger partial charge < -0.3 is 5.32 Å². The molecule has 2 aromatic heterocycles. The first kappa shape index (κ1) is 15.8. The Kier molecular flexibility index (Phi) is 5.50. The van der Waals surface area contributed by atoms with Crippen molar-refractivity contribution in [2.24, 2.45) is 0 Å². The van der Waals surface area contributed by atoms with Crippen LogP contribution in [0.5, 0.6) is 0 Å². The summed E-state index contributed by atoms with van der Waals surface area (Å²) in [5.41, 5.74) is 4.94. The molecule has 1 N–H and O–H groups in total. The van der Waals surface area contributed by atoms with Crippen LogP contribution < -0.4 is 5.32 Å². The van der Waals surface area contributed by atoms with E-state index in [-0.39, 0.29) is 5.91 Å². The second-order valence-corrected chi connectivity index (χ2v) is 6.67. The molecule has 0 aliphatic rings. The molecule has 0 aliphatic heterocycles. The van der Waals surface area contributed by atoms with Crippen LogP contribution >= 0.6 is 22.7 Å². The Morgan fingerprint density at radius 2 is 1.96 bits per heavy atom. The van der Waals surface area contributed by atoms with Crippen molar-refractivity contribution in [2.45, 2.75) is 19.3 Å². The predicted octanol–water partition coefficient (Wildman–Crippen LogP) is 3.56. The van der Waals surface area contributed by atoms with Crippen molar-refractivity contribution in [3.63, 3.8) is 0 Å². The molecule has 23 heavy (non-hydrogen) atoms. The lowest BCUT2D eigenvalue weighted by molar-refractivity contribution is -0.121. The molecule has 0 aliphatic carbocycles. The van der Waals surface area contributed by atoms with Gasteiger partial charge in [0.1, 0.15) is 5.01 Å². The first-order valence-electron chi connectivity index (χ1n) is 7.45. The highest BCUT2D eigenvalue weighted by atomic mass is 32.1. The van der Waals surface area contributed by atoms with Crippen LogP contribution in [0.2, 0.25) is 0 Å². The Bertz CT molecular complexity index is 738. The molecule has 0 spiro atoms. The molecule has 0 radical (unpaired) electrons. The molecule has 0 bridgehead atoms. The van der Waals surface area contributed by atoms with Crippen molar-refractivity contribution in [3.05, 3.63) is 58.0 Å². The molecular weight excluding hydrogens is 326 g/mol. The number of carbonyl (C=O) groups is 1. The van der Waals surface area contributed by atoms with E-state index in [0.29, 0.717) is 19.4 Å². The molecule has 6 heteroatoms. The van der Waals surface area contributed by atoms with Gasteiger partial charge in [-0.15, -0.1) is 22.7 Å². The summed E-state index contributed by atoms with van der Waals surface area (Å²) >= 11 is 3.20. The third kappa shape index (κ3) is 4.71. The Morgan fingerprint density at radius 1 is 1.09 bits per heavy atom. The molecular formula is C17H17N3OS2. The van der Waals surface area contributed by atoms with Crippen molar-refractivity contribution < 1.29 is 4.79 Å². The topological polar surface area (TPSA) is 54.9 Å². The maximum Gasteiger partial charge on any atom is 0.220 e. The summed E-state index contributed by atoms with van der Waals surface area (Å²) in [5.74, 6) is 0.0643. The van der Waals surface area contributed by atoms with E-state index in [9.17, 15) is 4.79 Å². The minimum absolute atomic E-state index is 0.0643. The zero-order valence-corrected chi connectivity index (χ0v) is 14.2. The number of carbonyl (C=O) groups excluding carboxylic acids is 1. The number of aryl methyl sites for hydroxylation is 1. The van der Waals surface area contributed by atoms with E-state index >= 15 is 0 Å². The fourth-order valence-electron chi connectivity index (χ4n) is 2.16. The van der Waals surface area contributed by atoms with E-state index in [1.165, 1.54) is 0 Å². The van der Waals surface area contributed by atoms with Gasteiger partial charge in [-0.05, 0) is 6.42 Å². The lowest BCUT2D eigenvalue weighted by Crippen LogP contribution is -2.25. The second kappa shape index (κ2) is 7.99. The molecule has 3 rings (SSSR count). The molecule has 1 aromatic carbocycles. The van der Waals surface area contributed by atoms with Gasteiger partial charge >= 0.3 is 0 Å². The fraction of sp³-hybridized carbons (Fsp3) is 0.235. The van der Waals surface area contributed by atoms with Crippen LogP contribution in [0.1, 0.15) is 17.8 Å². The summed E-state index contributed by atoms with van der Waals surface area (Å²) in [7, 11) is 0. The van der Waals surface area contributed by atoms with Crippen LogP contribution in [0.25, 0.3) is 10.6 Å². The highest BCUT2D eigenvalue weighted by Crippen LogP contribution is 2.23. The van der Waals surface area contributed by atoms with Crippen LogP contribution in [0, 0.1) is 0 Å². The zero-order chi connectivity index (χ0) is 15.9. The van der Waals surface area contributed by atoms with Gasteiger partial charge in [0.05, 0.1) is 16.9 Å².